The van der Waals surface area contributed by atoms with Crippen molar-refractivity contribution < 1.29 is 23.1 Å². The molecule has 1 aromatic heterocycles. The van der Waals surface area contributed by atoms with Crippen molar-refractivity contribution >= 4 is 5.97 Å². The summed E-state index contributed by atoms with van der Waals surface area (Å²) in [4.78, 5) is 8.90. The summed E-state index contributed by atoms with van der Waals surface area (Å²) in [6.07, 6.45) is -1.63. The molecule has 0 amide bonds. The maximum atomic E-state index is 10.6. The second kappa shape index (κ2) is 4.37. The van der Waals surface area contributed by atoms with Crippen LogP contribution in [0, 0.1) is 0 Å². The summed E-state index contributed by atoms with van der Waals surface area (Å²) in [7, 11) is 0. The molecule has 0 aliphatic heterocycles. The predicted octanol–water partition coefficient (Wildman–Crippen LogP) is 1.04. The molecule has 0 spiro atoms. The minimum Gasteiger partial charge on any atom is -0.475 e. The molecule has 4 nitrogen and oxygen atoms in total. The van der Waals surface area contributed by atoms with Crippen LogP contribution in [0.25, 0.3) is 0 Å². The molecule has 1 aromatic rings. The quantitative estimate of drug-likeness (QED) is 0.630. The van der Waals surface area contributed by atoms with Crippen molar-refractivity contribution in [1.29, 1.82) is 0 Å². The molecule has 2 N–H and O–H groups in total. The lowest BCUT2D eigenvalue weighted by Gasteiger charge is -1.93. The zero-order valence-corrected chi connectivity index (χ0v) is 5.67. The molecule has 0 aliphatic rings. The summed E-state index contributed by atoms with van der Waals surface area (Å²) in [6, 6.07) is 1.83. The zero-order chi connectivity index (χ0) is 9.61. The van der Waals surface area contributed by atoms with Crippen LogP contribution in [-0.4, -0.2) is 27.4 Å². The summed E-state index contributed by atoms with van der Waals surface area (Å²) >= 11 is 0. The van der Waals surface area contributed by atoms with Crippen LogP contribution in [-0.2, 0) is 4.79 Å². The van der Waals surface area contributed by atoms with Crippen molar-refractivity contribution in [3.8, 4) is 0 Å². The van der Waals surface area contributed by atoms with Gasteiger partial charge in [0.25, 0.3) is 0 Å². The van der Waals surface area contributed by atoms with Crippen LogP contribution in [0.5, 0.6) is 0 Å². The molecular weight excluding hydrogens is 177 g/mol. The maximum absolute atomic E-state index is 10.6. The molecule has 12 heavy (non-hydrogen) atoms. The van der Waals surface area contributed by atoms with Crippen molar-refractivity contribution in [1.82, 2.24) is 10.2 Å². The van der Waals surface area contributed by atoms with Crippen LogP contribution in [0.3, 0.4) is 0 Å². The van der Waals surface area contributed by atoms with E-state index in [0.29, 0.717) is 0 Å². The van der Waals surface area contributed by atoms with Crippen molar-refractivity contribution in [3.05, 3.63) is 18.5 Å². The van der Waals surface area contributed by atoms with Crippen LogP contribution in [0.1, 0.15) is 0 Å². The molecule has 0 atom stereocenters. The highest BCUT2D eigenvalue weighted by Crippen LogP contribution is 2.13. The Morgan fingerprint density at radius 2 is 2.00 bits per heavy atom. The highest BCUT2D eigenvalue weighted by Gasteiger charge is 2.38. The van der Waals surface area contributed by atoms with E-state index in [1.54, 1.807) is 12.4 Å². The van der Waals surface area contributed by atoms with E-state index >= 15 is 0 Å². The van der Waals surface area contributed by atoms with E-state index in [-0.39, 0.29) is 0 Å². The number of carbonyl (C=O) groups is 1. The summed E-state index contributed by atoms with van der Waals surface area (Å²) in [6.45, 7) is 0. The fraction of sp³-hybridized carbons (Fsp3) is 0.200. The maximum Gasteiger partial charge on any atom is 0.490 e. The Bertz CT molecular complexity index is 202. The number of aromatic amines is 1. The highest BCUT2D eigenvalue weighted by molar-refractivity contribution is 5.73. The number of halogens is 3. The molecule has 0 saturated carbocycles. The molecule has 0 aromatic carbocycles. The van der Waals surface area contributed by atoms with Crippen LogP contribution in [0.2, 0.25) is 0 Å². The Hall–Kier alpha value is -1.53. The lowest BCUT2D eigenvalue weighted by molar-refractivity contribution is -0.192. The van der Waals surface area contributed by atoms with Gasteiger partial charge in [-0.3, -0.25) is 5.10 Å². The number of carboxylic acid groups (broad SMARTS) is 1. The largest absolute Gasteiger partial charge is 0.490 e. The number of nitrogens with one attached hydrogen (secondary N) is 1. The first kappa shape index (κ1) is 10.5. The van der Waals surface area contributed by atoms with Gasteiger partial charge in [-0.15, -0.1) is 0 Å². The topological polar surface area (TPSA) is 66.0 Å². The summed E-state index contributed by atoms with van der Waals surface area (Å²) < 4.78 is 31.7. The van der Waals surface area contributed by atoms with Gasteiger partial charge >= 0.3 is 12.1 Å². The van der Waals surface area contributed by atoms with Crippen LogP contribution in [0.15, 0.2) is 18.5 Å². The average molecular weight is 182 g/mol. The SMILES string of the molecule is O=C(O)C(F)(F)F.c1cn[nH]c1. The van der Waals surface area contributed by atoms with E-state index in [9.17, 15) is 13.2 Å². The first-order valence-corrected chi connectivity index (χ1v) is 2.68. The third-order valence-corrected chi connectivity index (χ3v) is 0.648. The Kier molecular flexibility index (Phi) is 3.81. The first-order chi connectivity index (χ1) is 5.44. The van der Waals surface area contributed by atoms with Gasteiger partial charge in [-0.1, -0.05) is 0 Å². The second-order valence-electron chi connectivity index (χ2n) is 1.57. The zero-order valence-electron chi connectivity index (χ0n) is 5.67. The number of rotatable bonds is 0. The van der Waals surface area contributed by atoms with Gasteiger partial charge in [0.1, 0.15) is 0 Å². The first-order valence-electron chi connectivity index (χ1n) is 2.68. The van der Waals surface area contributed by atoms with Crippen molar-refractivity contribution in [2.75, 3.05) is 0 Å². The van der Waals surface area contributed by atoms with Gasteiger partial charge in [-0.05, 0) is 6.07 Å². The Balaban J connectivity index is 0.000000211. The summed E-state index contributed by atoms with van der Waals surface area (Å²) in [5, 5.41) is 13.3. The van der Waals surface area contributed by atoms with E-state index in [2.05, 4.69) is 10.2 Å². The van der Waals surface area contributed by atoms with Crippen LogP contribution >= 0.6 is 0 Å². The fourth-order valence-electron chi connectivity index (χ4n) is 0.215. The molecule has 68 valence electrons. The monoisotopic (exact) mass is 182 g/mol. The van der Waals surface area contributed by atoms with E-state index < -0.39 is 12.1 Å². The second-order valence-corrected chi connectivity index (χ2v) is 1.57. The lowest BCUT2D eigenvalue weighted by atomic mass is 10.7. The normalized spacial score (nSPS) is 9.92. The standard InChI is InChI=1S/C3H4N2.C2HF3O2/c1-2-4-5-3-1;3-2(4,5)1(6)7/h1-3H,(H,4,5);(H,6,7). The van der Waals surface area contributed by atoms with Gasteiger partial charge in [0.2, 0.25) is 0 Å². The Labute approximate surface area is 65.0 Å². The number of H-pyrrole nitrogens is 1. The number of aliphatic carboxylic acids is 1. The number of nitrogens with zero attached hydrogens (tertiary/aromatic N) is 1. The molecule has 0 radical (unpaired) electrons. The van der Waals surface area contributed by atoms with E-state index in [0.717, 1.165) is 0 Å². The van der Waals surface area contributed by atoms with Gasteiger partial charge in [0.05, 0.1) is 0 Å². The summed E-state index contributed by atoms with van der Waals surface area (Å²) in [5.41, 5.74) is 0. The number of aromatic nitrogens is 2. The van der Waals surface area contributed by atoms with Gasteiger partial charge in [0.15, 0.2) is 0 Å². The predicted molar refractivity (Wildman–Crippen MR) is 32.3 cm³/mol. The lowest BCUT2D eigenvalue weighted by Crippen LogP contribution is -2.21. The molecule has 1 rings (SSSR count). The van der Waals surface area contributed by atoms with E-state index in [4.69, 9.17) is 9.90 Å². The van der Waals surface area contributed by atoms with E-state index in [1.807, 2.05) is 6.07 Å². The van der Waals surface area contributed by atoms with Crippen molar-refractivity contribution in [2.45, 2.75) is 6.18 Å². The molecule has 0 bridgehead atoms. The van der Waals surface area contributed by atoms with Crippen molar-refractivity contribution in [3.63, 3.8) is 0 Å². The molecule has 0 fully saturated rings. The molecule has 1 heterocycles. The molecule has 0 aliphatic carbocycles. The smallest absolute Gasteiger partial charge is 0.475 e. The summed E-state index contributed by atoms with van der Waals surface area (Å²) in [5.74, 6) is -2.76. The third kappa shape index (κ3) is 5.27. The van der Waals surface area contributed by atoms with Crippen LogP contribution < -0.4 is 0 Å². The minimum atomic E-state index is -5.08. The number of hydrogen-bond donors (Lipinski definition) is 2. The Morgan fingerprint density at radius 1 is 1.50 bits per heavy atom. The van der Waals surface area contributed by atoms with Gasteiger partial charge < -0.3 is 5.11 Å². The average Bonchev–Trinajstić information content (AvgIpc) is 2.39. The van der Waals surface area contributed by atoms with Gasteiger partial charge in [0, 0.05) is 12.4 Å². The number of carboxylic acids is 1. The molecule has 0 saturated heterocycles. The molecular formula is C5H5F3N2O2. The van der Waals surface area contributed by atoms with Crippen LogP contribution in [0.4, 0.5) is 13.2 Å². The highest BCUT2D eigenvalue weighted by atomic mass is 19.4. The van der Waals surface area contributed by atoms with Gasteiger partial charge in [-0.2, -0.15) is 18.3 Å². The molecule has 0 unspecified atom stereocenters. The minimum absolute atomic E-state index is 1.69. The number of alkyl halides is 3. The van der Waals surface area contributed by atoms with Crippen molar-refractivity contribution in [2.24, 2.45) is 0 Å². The number of hydrogen-bond acceptors (Lipinski definition) is 2. The Morgan fingerprint density at radius 3 is 2.08 bits per heavy atom. The fourth-order valence-corrected chi connectivity index (χ4v) is 0.215. The molecule has 7 heteroatoms. The third-order valence-electron chi connectivity index (χ3n) is 0.648. The van der Waals surface area contributed by atoms with E-state index in [1.165, 1.54) is 0 Å². The van der Waals surface area contributed by atoms with Gasteiger partial charge in [-0.25, -0.2) is 4.79 Å².